The third kappa shape index (κ3) is 2.75. The van der Waals surface area contributed by atoms with E-state index in [0.29, 0.717) is 13.0 Å². The first kappa shape index (κ1) is 13.6. The summed E-state index contributed by atoms with van der Waals surface area (Å²) in [6, 6.07) is 6.13. The number of aromatic amines is 1. The fourth-order valence-electron chi connectivity index (χ4n) is 2.82. The Morgan fingerprint density at radius 1 is 1.38 bits per heavy atom. The van der Waals surface area contributed by atoms with Crippen molar-refractivity contribution in [3.05, 3.63) is 41.1 Å². The zero-order valence-electron chi connectivity index (χ0n) is 12.0. The number of benzene rings is 1. The third-order valence-corrected chi connectivity index (χ3v) is 3.82. The number of fused-ring (bicyclic) bond motifs is 3. The van der Waals surface area contributed by atoms with Crippen molar-refractivity contribution >= 4 is 28.7 Å². The molecule has 0 fully saturated rings. The van der Waals surface area contributed by atoms with Gasteiger partial charge in [0.05, 0.1) is 5.69 Å². The summed E-state index contributed by atoms with van der Waals surface area (Å²) < 4.78 is 0. The molecule has 1 aliphatic rings. The first-order valence-corrected chi connectivity index (χ1v) is 7.24. The van der Waals surface area contributed by atoms with E-state index in [1.807, 2.05) is 24.3 Å². The predicted octanol–water partition coefficient (Wildman–Crippen LogP) is 2.84. The molecular formula is C17H18N2O2. The van der Waals surface area contributed by atoms with Crippen LogP contribution in [0.1, 0.15) is 41.4 Å². The van der Waals surface area contributed by atoms with E-state index in [1.54, 1.807) is 0 Å². The highest BCUT2D eigenvalue weighted by atomic mass is 16.1. The highest BCUT2D eigenvalue weighted by Crippen LogP contribution is 2.29. The molecule has 0 saturated carbocycles. The molecule has 0 bridgehead atoms. The van der Waals surface area contributed by atoms with E-state index in [9.17, 15) is 9.59 Å². The van der Waals surface area contributed by atoms with Crippen LogP contribution in [0, 0.1) is 0 Å². The summed E-state index contributed by atoms with van der Waals surface area (Å²) in [7, 11) is 0. The molecule has 21 heavy (non-hydrogen) atoms. The van der Waals surface area contributed by atoms with Crippen molar-refractivity contribution < 1.29 is 9.59 Å². The number of nitrogens with one attached hydrogen (secondary N) is 2. The van der Waals surface area contributed by atoms with Crippen LogP contribution in [0.4, 0.5) is 0 Å². The molecule has 0 saturated heterocycles. The summed E-state index contributed by atoms with van der Waals surface area (Å²) in [5.74, 6) is 0.184. The van der Waals surface area contributed by atoms with Gasteiger partial charge in [-0.05, 0) is 36.1 Å². The summed E-state index contributed by atoms with van der Waals surface area (Å²) in [5, 5.41) is 3.87. The van der Waals surface area contributed by atoms with Crippen LogP contribution < -0.4 is 5.32 Å². The minimum absolute atomic E-state index is 0.0340. The lowest BCUT2D eigenvalue weighted by molar-refractivity contribution is -0.118. The molecule has 0 aliphatic heterocycles. The second-order valence-corrected chi connectivity index (χ2v) is 5.40. The van der Waals surface area contributed by atoms with Gasteiger partial charge in [-0.2, -0.15) is 0 Å². The zero-order chi connectivity index (χ0) is 14.8. The Bertz CT molecular complexity index is 741. The molecule has 1 heterocycles. The summed E-state index contributed by atoms with van der Waals surface area (Å²) in [4.78, 5) is 26.0. The van der Waals surface area contributed by atoms with Crippen LogP contribution in [0.25, 0.3) is 17.0 Å². The molecule has 2 N–H and O–H groups in total. The van der Waals surface area contributed by atoms with E-state index in [4.69, 9.17) is 0 Å². The van der Waals surface area contributed by atoms with Crippen molar-refractivity contribution in [2.75, 3.05) is 6.54 Å². The first-order valence-electron chi connectivity index (χ1n) is 7.24. The number of aromatic nitrogens is 1. The molecule has 0 radical (unpaired) electrons. The van der Waals surface area contributed by atoms with Crippen LogP contribution >= 0.6 is 0 Å². The number of ketones is 1. The van der Waals surface area contributed by atoms with E-state index in [1.165, 1.54) is 6.92 Å². The summed E-state index contributed by atoms with van der Waals surface area (Å²) in [5.41, 5.74) is 4.04. The molecule has 3 rings (SSSR count). The van der Waals surface area contributed by atoms with Crippen LogP contribution in [0.15, 0.2) is 24.3 Å². The Balaban J connectivity index is 1.89. The molecule has 1 amide bonds. The fourth-order valence-corrected chi connectivity index (χ4v) is 2.82. The van der Waals surface area contributed by atoms with Crippen LogP contribution in [0.3, 0.4) is 0 Å². The quantitative estimate of drug-likeness (QED) is 0.909. The molecule has 108 valence electrons. The molecule has 4 heteroatoms. The van der Waals surface area contributed by atoms with Gasteiger partial charge in [-0.25, -0.2) is 0 Å². The average molecular weight is 282 g/mol. The number of aryl methyl sites for hydroxylation is 1. The number of carbonyl (C=O) groups excluding carboxylic acids is 2. The molecule has 2 aromatic rings. The monoisotopic (exact) mass is 282 g/mol. The third-order valence-electron chi connectivity index (χ3n) is 3.82. The van der Waals surface area contributed by atoms with Crippen molar-refractivity contribution in [3.63, 3.8) is 0 Å². The van der Waals surface area contributed by atoms with Gasteiger partial charge in [-0.1, -0.05) is 18.2 Å². The topological polar surface area (TPSA) is 62.0 Å². The van der Waals surface area contributed by atoms with Crippen molar-refractivity contribution in [2.45, 2.75) is 26.2 Å². The van der Waals surface area contributed by atoms with Gasteiger partial charge in [0.2, 0.25) is 5.91 Å². The predicted molar refractivity (Wildman–Crippen MR) is 83.3 cm³/mol. The Morgan fingerprint density at radius 3 is 3.05 bits per heavy atom. The molecule has 4 nitrogen and oxygen atoms in total. The van der Waals surface area contributed by atoms with Crippen LogP contribution in [0.2, 0.25) is 0 Å². The largest absolute Gasteiger partial charge is 0.353 e. The molecular weight excluding hydrogens is 264 g/mol. The van der Waals surface area contributed by atoms with Gasteiger partial charge >= 0.3 is 0 Å². The minimum Gasteiger partial charge on any atom is -0.353 e. The molecule has 0 atom stereocenters. The number of carbonyl (C=O) groups is 2. The van der Waals surface area contributed by atoms with E-state index in [0.717, 1.165) is 40.6 Å². The minimum atomic E-state index is -0.0340. The highest BCUT2D eigenvalue weighted by molar-refractivity contribution is 6.03. The number of Topliss-reactive ketones (excluding diaryl/α,β-unsaturated/α-hetero) is 1. The Kier molecular flexibility index (Phi) is 3.60. The van der Waals surface area contributed by atoms with Gasteiger partial charge in [0.15, 0.2) is 5.78 Å². The number of rotatable bonds is 3. The van der Waals surface area contributed by atoms with Crippen molar-refractivity contribution in [2.24, 2.45) is 0 Å². The lowest BCUT2D eigenvalue weighted by Gasteiger charge is -2.09. The summed E-state index contributed by atoms with van der Waals surface area (Å²) in [6.45, 7) is 2.03. The molecule has 0 unspecified atom stereocenters. The SMILES string of the molecule is CC(=O)NCC=Cc1ccc2[nH]c3c(c2c1)CCCC3=O. The maximum absolute atomic E-state index is 11.9. The first-order chi connectivity index (χ1) is 10.1. The van der Waals surface area contributed by atoms with Gasteiger partial charge < -0.3 is 10.3 Å². The van der Waals surface area contributed by atoms with E-state index >= 15 is 0 Å². The fraction of sp³-hybridized carbons (Fsp3) is 0.294. The van der Waals surface area contributed by atoms with Crippen molar-refractivity contribution in [1.29, 1.82) is 0 Å². The van der Waals surface area contributed by atoms with Crippen molar-refractivity contribution in [1.82, 2.24) is 10.3 Å². The zero-order valence-corrected chi connectivity index (χ0v) is 12.0. The maximum atomic E-state index is 11.9. The second kappa shape index (κ2) is 5.56. The van der Waals surface area contributed by atoms with Gasteiger partial charge in [-0.15, -0.1) is 0 Å². The number of hydrogen-bond acceptors (Lipinski definition) is 2. The lowest BCUT2D eigenvalue weighted by atomic mass is 9.94. The van der Waals surface area contributed by atoms with Gasteiger partial charge in [0.25, 0.3) is 0 Å². The van der Waals surface area contributed by atoms with Crippen LogP contribution in [0.5, 0.6) is 0 Å². The Hall–Kier alpha value is -2.36. The molecule has 1 aliphatic carbocycles. The summed E-state index contributed by atoms with van der Waals surface area (Å²) >= 11 is 0. The maximum Gasteiger partial charge on any atom is 0.217 e. The normalized spacial score (nSPS) is 14.6. The molecule has 0 spiro atoms. The Morgan fingerprint density at radius 2 is 2.24 bits per heavy atom. The van der Waals surface area contributed by atoms with Gasteiger partial charge in [0.1, 0.15) is 0 Å². The van der Waals surface area contributed by atoms with Crippen LogP contribution in [-0.2, 0) is 11.2 Å². The highest BCUT2D eigenvalue weighted by Gasteiger charge is 2.21. The number of hydrogen-bond donors (Lipinski definition) is 2. The van der Waals surface area contributed by atoms with Crippen LogP contribution in [-0.4, -0.2) is 23.2 Å². The average Bonchev–Trinajstić information content (AvgIpc) is 2.83. The molecule has 1 aromatic carbocycles. The van der Waals surface area contributed by atoms with Gasteiger partial charge in [0, 0.05) is 30.8 Å². The number of H-pyrrole nitrogens is 1. The standard InChI is InChI=1S/C17H18N2O2/c1-11(20)18-9-3-4-12-7-8-15-14(10-12)13-5-2-6-16(21)17(13)19-15/h3-4,7-8,10,19H,2,5-6,9H2,1H3,(H,18,20). The summed E-state index contributed by atoms with van der Waals surface area (Å²) in [6.07, 6.45) is 6.44. The van der Waals surface area contributed by atoms with E-state index in [2.05, 4.69) is 16.4 Å². The lowest BCUT2D eigenvalue weighted by Crippen LogP contribution is -2.19. The Labute approximate surface area is 123 Å². The number of amides is 1. The molecule has 1 aromatic heterocycles. The second-order valence-electron chi connectivity index (χ2n) is 5.40. The van der Waals surface area contributed by atoms with Crippen molar-refractivity contribution in [3.8, 4) is 0 Å². The van der Waals surface area contributed by atoms with E-state index in [-0.39, 0.29) is 11.7 Å². The van der Waals surface area contributed by atoms with Gasteiger partial charge in [-0.3, -0.25) is 9.59 Å². The smallest absolute Gasteiger partial charge is 0.217 e. The van der Waals surface area contributed by atoms with E-state index < -0.39 is 0 Å².